The predicted molar refractivity (Wildman–Crippen MR) is 106 cm³/mol. The number of benzene rings is 1. The number of halogens is 1. The van der Waals surface area contributed by atoms with Gasteiger partial charge in [0.1, 0.15) is 6.10 Å². The van der Waals surface area contributed by atoms with Crippen molar-refractivity contribution in [2.75, 3.05) is 0 Å². The molecular formula is C21H32BrNO2. The van der Waals surface area contributed by atoms with Crippen LogP contribution in [0, 0.1) is 17.8 Å². The van der Waals surface area contributed by atoms with Gasteiger partial charge in [0, 0.05) is 16.8 Å². The molecule has 0 bridgehead atoms. The Morgan fingerprint density at radius 1 is 1.16 bits per heavy atom. The number of hydrogen-bond donors (Lipinski definition) is 1. The monoisotopic (exact) mass is 409 g/mol. The van der Waals surface area contributed by atoms with Crippen LogP contribution in [0.15, 0.2) is 30.3 Å². The van der Waals surface area contributed by atoms with Crippen LogP contribution in [0.2, 0.25) is 0 Å². The van der Waals surface area contributed by atoms with E-state index in [-0.39, 0.29) is 18.2 Å². The highest BCUT2D eigenvalue weighted by molar-refractivity contribution is 9.09. The quantitative estimate of drug-likeness (QED) is 0.672. The molecule has 25 heavy (non-hydrogen) atoms. The molecule has 3 rings (SSSR count). The summed E-state index contributed by atoms with van der Waals surface area (Å²) in [5.74, 6) is 0.830. The third-order valence-corrected chi connectivity index (χ3v) is 6.48. The van der Waals surface area contributed by atoms with E-state index in [0.717, 1.165) is 12.8 Å². The number of hydrogen-bond acceptors (Lipinski definition) is 3. The Hall–Kier alpha value is -0.420. The fraction of sp³-hybridized carbons (Fsp3) is 0.714. The average Bonchev–Trinajstić information content (AvgIpc) is 3.08. The molecule has 6 atom stereocenters. The Morgan fingerprint density at radius 2 is 1.84 bits per heavy atom. The fourth-order valence-corrected chi connectivity index (χ4v) is 5.35. The van der Waals surface area contributed by atoms with Gasteiger partial charge in [-0.3, -0.25) is 5.32 Å². The molecule has 4 heteroatoms. The van der Waals surface area contributed by atoms with E-state index in [1.165, 1.54) is 5.56 Å². The second-order valence-electron chi connectivity index (χ2n) is 8.44. The van der Waals surface area contributed by atoms with Crippen molar-refractivity contribution in [3.05, 3.63) is 35.9 Å². The maximum atomic E-state index is 6.61. The molecule has 0 amide bonds. The Bertz CT molecular complexity index is 564. The van der Waals surface area contributed by atoms with Crippen LogP contribution in [0.3, 0.4) is 0 Å². The van der Waals surface area contributed by atoms with Gasteiger partial charge in [-0.25, -0.2) is 0 Å². The molecule has 2 fully saturated rings. The van der Waals surface area contributed by atoms with Gasteiger partial charge in [0.15, 0.2) is 0 Å². The summed E-state index contributed by atoms with van der Waals surface area (Å²) in [6, 6.07) is 10.7. The van der Waals surface area contributed by atoms with Crippen molar-refractivity contribution in [2.24, 2.45) is 17.8 Å². The van der Waals surface area contributed by atoms with Crippen molar-refractivity contribution in [3.63, 3.8) is 0 Å². The molecule has 3 nitrogen and oxygen atoms in total. The standard InChI is InChI=1S/C21H32BrNO2/c1-13(2)11-18(22)19-12-17(14(3)4)21(24-19)23-15(5)20(25-21)16-9-7-6-8-10-16/h6-10,13-15,17-20,23H,11-12H2,1-5H3. The molecule has 2 heterocycles. The minimum Gasteiger partial charge on any atom is -0.333 e. The largest absolute Gasteiger partial charge is 0.333 e. The highest BCUT2D eigenvalue weighted by Crippen LogP contribution is 2.49. The van der Waals surface area contributed by atoms with E-state index in [1.54, 1.807) is 0 Å². The SMILES string of the molecule is CC(C)CC(Br)C1CC(C(C)C)C2(NC(C)C(c3ccccc3)O2)O1. The van der Waals surface area contributed by atoms with Gasteiger partial charge in [-0.2, -0.15) is 0 Å². The van der Waals surface area contributed by atoms with Crippen LogP contribution in [-0.4, -0.2) is 22.9 Å². The van der Waals surface area contributed by atoms with Crippen LogP contribution in [0.4, 0.5) is 0 Å². The molecule has 1 spiro atoms. The molecule has 0 saturated carbocycles. The first kappa shape index (κ1) is 19.3. The van der Waals surface area contributed by atoms with Gasteiger partial charge in [0.2, 0.25) is 5.91 Å². The lowest BCUT2D eigenvalue weighted by Gasteiger charge is -2.32. The van der Waals surface area contributed by atoms with E-state index in [2.05, 4.69) is 80.1 Å². The summed E-state index contributed by atoms with van der Waals surface area (Å²) in [6.45, 7) is 11.3. The van der Waals surface area contributed by atoms with Crippen molar-refractivity contribution >= 4 is 15.9 Å². The summed E-state index contributed by atoms with van der Waals surface area (Å²) in [5.41, 5.74) is 1.21. The van der Waals surface area contributed by atoms with Crippen molar-refractivity contribution in [2.45, 2.75) is 76.4 Å². The first-order valence-electron chi connectivity index (χ1n) is 9.64. The molecule has 0 radical (unpaired) electrons. The van der Waals surface area contributed by atoms with Crippen LogP contribution in [-0.2, 0) is 9.47 Å². The Labute approximate surface area is 161 Å². The van der Waals surface area contributed by atoms with E-state index in [0.29, 0.717) is 22.6 Å². The third kappa shape index (κ3) is 3.97. The van der Waals surface area contributed by atoms with Crippen molar-refractivity contribution in [1.29, 1.82) is 0 Å². The van der Waals surface area contributed by atoms with E-state index >= 15 is 0 Å². The van der Waals surface area contributed by atoms with Gasteiger partial charge in [-0.05, 0) is 37.2 Å². The van der Waals surface area contributed by atoms with Gasteiger partial charge >= 0.3 is 0 Å². The lowest BCUT2D eigenvalue weighted by Crippen LogP contribution is -2.50. The highest BCUT2D eigenvalue weighted by Gasteiger charge is 2.58. The maximum Gasteiger partial charge on any atom is 0.231 e. The topological polar surface area (TPSA) is 30.5 Å². The second kappa shape index (κ2) is 7.67. The molecule has 140 valence electrons. The average molecular weight is 410 g/mol. The van der Waals surface area contributed by atoms with Gasteiger partial charge in [-0.1, -0.05) is 74.0 Å². The summed E-state index contributed by atoms with van der Waals surface area (Å²) < 4.78 is 13.2. The molecule has 1 N–H and O–H groups in total. The molecule has 2 aliphatic rings. The lowest BCUT2D eigenvalue weighted by atomic mass is 9.88. The molecule has 1 aromatic rings. The zero-order valence-electron chi connectivity index (χ0n) is 16.0. The Kier molecular flexibility index (Phi) is 5.94. The van der Waals surface area contributed by atoms with Crippen LogP contribution in [0.5, 0.6) is 0 Å². The molecule has 2 saturated heterocycles. The van der Waals surface area contributed by atoms with Gasteiger partial charge in [0.05, 0.1) is 6.10 Å². The minimum absolute atomic E-state index is 0.0278. The van der Waals surface area contributed by atoms with E-state index in [9.17, 15) is 0 Å². The zero-order chi connectivity index (χ0) is 18.2. The number of alkyl halides is 1. The lowest BCUT2D eigenvalue weighted by molar-refractivity contribution is -0.252. The Morgan fingerprint density at radius 3 is 2.44 bits per heavy atom. The van der Waals surface area contributed by atoms with Crippen molar-refractivity contribution in [3.8, 4) is 0 Å². The maximum absolute atomic E-state index is 6.61. The van der Waals surface area contributed by atoms with E-state index < -0.39 is 5.91 Å². The minimum atomic E-state index is -0.665. The summed E-state index contributed by atoms with van der Waals surface area (Å²) >= 11 is 3.88. The summed E-state index contributed by atoms with van der Waals surface area (Å²) in [6.07, 6.45) is 2.36. The van der Waals surface area contributed by atoms with E-state index in [4.69, 9.17) is 9.47 Å². The smallest absolute Gasteiger partial charge is 0.231 e. The van der Waals surface area contributed by atoms with Crippen molar-refractivity contribution in [1.82, 2.24) is 5.32 Å². The number of nitrogens with one attached hydrogen (secondary N) is 1. The molecule has 6 unspecified atom stereocenters. The number of ether oxygens (including phenoxy) is 2. The normalized spacial score (nSPS) is 36.6. The van der Waals surface area contributed by atoms with Crippen LogP contribution in [0.25, 0.3) is 0 Å². The molecule has 1 aromatic carbocycles. The summed E-state index contributed by atoms with van der Waals surface area (Å²) in [5, 5.41) is 3.68. The first-order chi connectivity index (χ1) is 11.8. The zero-order valence-corrected chi connectivity index (χ0v) is 17.6. The molecule has 0 aromatic heterocycles. The first-order valence-corrected chi connectivity index (χ1v) is 10.6. The second-order valence-corrected chi connectivity index (χ2v) is 9.61. The van der Waals surface area contributed by atoms with Gasteiger partial charge < -0.3 is 9.47 Å². The predicted octanol–water partition coefficient (Wildman–Crippen LogP) is 5.26. The summed E-state index contributed by atoms with van der Waals surface area (Å²) in [7, 11) is 0. The molecule has 0 aliphatic carbocycles. The van der Waals surface area contributed by atoms with Crippen LogP contribution in [0.1, 0.15) is 59.1 Å². The number of rotatable bonds is 5. The highest BCUT2D eigenvalue weighted by atomic mass is 79.9. The Balaban J connectivity index is 1.81. The van der Waals surface area contributed by atoms with E-state index in [1.807, 2.05) is 6.07 Å². The van der Waals surface area contributed by atoms with Gasteiger partial charge in [0.25, 0.3) is 0 Å². The van der Waals surface area contributed by atoms with Crippen LogP contribution >= 0.6 is 15.9 Å². The van der Waals surface area contributed by atoms with Gasteiger partial charge in [-0.15, -0.1) is 0 Å². The molecular weight excluding hydrogens is 378 g/mol. The van der Waals surface area contributed by atoms with Crippen LogP contribution < -0.4 is 5.32 Å². The fourth-order valence-electron chi connectivity index (χ4n) is 4.27. The third-order valence-electron chi connectivity index (χ3n) is 5.52. The molecule has 2 aliphatic heterocycles. The van der Waals surface area contributed by atoms with Crippen molar-refractivity contribution < 1.29 is 9.47 Å². The summed E-state index contributed by atoms with van der Waals surface area (Å²) in [4.78, 5) is 0.365.